The minimum atomic E-state index is -0.0921. The van der Waals surface area contributed by atoms with Crippen LogP contribution in [0.5, 0.6) is 0 Å². The number of aliphatic hydroxyl groups is 1. The molecule has 1 heterocycles. The van der Waals surface area contributed by atoms with E-state index in [0.29, 0.717) is 0 Å². The van der Waals surface area contributed by atoms with Crippen LogP contribution in [-0.2, 0) is 4.74 Å². The maximum Gasteiger partial charge on any atom is 0.137 e. The fourth-order valence-corrected chi connectivity index (χ4v) is 2.41. The molecule has 1 N–H and O–H groups in total. The van der Waals surface area contributed by atoms with Gasteiger partial charge in [0.2, 0.25) is 0 Å². The first-order valence-electron chi connectivity index (χ1n) is 6.00. The summed E-state index contributed by atoms with van der Waals surface area (Å²) in [4.78, 5) is 2.24. The highest BCUT2D eigenvalue weighted by molar-refractivity contribution is 6.30. The van der Waals surface area contributed by atoms with Gasteiger partial charge < -0.3 is 9.84 Å². The van der Waals surface area contributed by atoms with E-state index in [1.807, 2.05) is 24.3 Å². The van der Waals surface area contributed by atoms with E-state index in [2.05, 4.69) is 11.8 Å². The number of halogens is 1. The van der Waals surface area contributed by atoms with Crippen LogP contribution in [0, 0.1) is 0 Å². The van der Waals surface area contributed by atoms with Crippen LogP contribution in [0.3, 0.4) is 0 Å². The number of aliphatic hydroxyl groups excluding tert-OH is 1. The Kier molecular flexibility index (Phi) is 4.40. The number of ether oxygens (including phenoxy) is 1. The smallest absolute Gasteiger partial charge is 0.137 e. The van der Waals surface area contributed by atoms with Gasteiger partial charge in [0, 0.05) is 18.1 Å². The molecule has 1 saturated heterocycles. The molecule has 0 spiro atoms. The lowest BCUT2D eigenvalue weighted by atomic mass is 10.2. The molecule has 4 heteroatoms. The molecule has 94 valence electrons. The van der Waals surface area contributed by atoms with Crippen molar-refractivity contribution in [2.24, 2.45) is 0 Å². The highest BCUT2D eigenvalue weighted by Crippen LogP contribution is 2.31. The molecule has 2 rings (SSSR count). The molecular formula is C13H18ClNO2. The maximum absolute atomic E-state index is 9.19. The zero-order valence-electron chi connectivity index (χ0n) is 9.97. The van der Waals surface area contributed by atoms with Crippen molar-refractivity contribution in [2.45, 2.75) is 25.7 Å². The van der Waals surface area contributed by atoms with Gasteiger partial charge in [-0.2, -0.15) is 0 Å². The molecule has 0 aliphatic carbocycles. The van der Waals surface area contributed by atoms with E-state index < -0.39 is 0 Å². The standard InChI is InChI=1S/C13H18ClNO2/c1-2-6-15-8-12(9-16)17-13(15)10-4-3-5-11(14)7-10/h3-5,7,12-13,16H,2,6,8-9H2,1H3. The van der Waals surface area contributed by atoms with Gasteiger partial charge in [0.1, 0.15) is 6.23 Å². The van der Waals surface area contributed by atoms with E-state index in [4.69, 9.17) is 16.3 Å². The van der Waals surface area contributed by atoms with E-state index in [1.54, 1.807) is 0 Å². The number of hydrogen-bond acceptors (Lipinski definition) is 3. The predicted molar refractivity (Wildman–Crippen MR) is 68.0 cm³/mol. The molecule has 1 fully saturated rings. The molecular weight excluding hydrogens is 238 g/mol. The largest absolute Gasteiger partial charge is 0.394 e. The van der Waals surface area contributed by atoms with Crippen molar-refractivity contribution < 1.29 is 9.84 Å². The third-order valence-electron chi connectivity index (χ3n) is 2.94. The summed E-state index contributed by atoms with van der Waals surface area (Å²) in [6.45, 7) is 3.95. The van der Waals surface area contributed by atoms with Gasteiger partial charge in [-0.25, -0.2) is 0 Å². The van der Waals surface area contributed by atoms with Gasteiger partial charge in [0.05, 0.1) is 12.7 Å². The van der Waals surface area contributed by atoms with E-state index >= 15 is 0 Å². The highest BCUT2D eigenvalue weighted by Gasteiger charge is 2.32. The fraction of sp³-hybridized carbons (Fsp3) is 0.538. The highest BCUT2D eigenvalue weighted by atomic mass is 35.5. The second-order valence-electron chi connectivity index (χ2n) is 4.34. The second kappa shape index (κ2) is 5.83. The summed E-state index contributed by atoms with van der Waals surface area (Å²) in [5, 5.41) is 9.91. The lowest BCUT2D eigenvalue weighted by Crippen LogP contribution is -2.26. The van der Waals surface area contributed by atoms with Crippen molar-refractivity contribution in [1.29, 1.82) is 0 Å². The summed E-state index contributed by atoms with van der Waals surface area (Å²) >= 11 is 5.99. The van der Waals surface area contributed by atoms with Crippen molar-refractivity contribution in [3.63, 3.8) is 0 Å². The average Bonchev–Trinajstić information content (AvgIpc) is 2.73. The molecule has 3 nitrogen and oxygen atoms in total. The van der Waals surface area contributed by atoms with Crippen molar-refractivity contribution in [3.05, 3.63) is 34.9 Å². The van der Waals surface area contributed by atoms with E-state index in [-0.39, 0.29) is 18.9 Å². The Balaban J connectivity index is 2.17. The fourth-order valence-electron chi connectivity index (χ4n) is 2.21. The number of hydrogen-bond donors (Lipinski definition) is 1. The molecule has 1 aliphatic heterocycles. The van der Waals surface area contributed by atoms with Crippen LogP contribution in [0.1, 0.15) is 25.1 Å². The summed E-state index contributed by atoms with van der Waals surface area (Å²) in [6.07, 6.45) is 0.898. The van der Waals surface area contributed by atoms with Crippen molar-refractivity contribution in [2.75, 3.05) is 19.7 Å². The molecule has 0 aromatic heterocycles. The summed E-state index contributed by atoms with van der Waals surface area (Å²) in [5.74, 6) is 0. The molecule has 0 radical (unpaired) electrons. The Morgan fingerprint density at radius 3 is 3.00 bits per heavy atom. The molecule has 17 heavy (non-hydrogen) atoms. The van der Waals surface area contributed by atoms with Gasteiger partial charge in [-0.1, -0.05) is 30.7 Å². The van der Waals surface area contributed by atoms with Crippen molar-refractivity contribution >= 4 is 11.6 Å². The minimum Gasteiger partial charge on any atom is -0.394 e. The van der Waals surface area contributed by atoms with Crippen LogP contribution in [0.4, 0.5) is 0 Å². The first-order valence-corrected chi connectivity index (χ1v) is 6.38. The molecule has 1 aliphatic rings. The number of nitrogens with zero attached hydrogens (tertiary/aromatic N) is 1. The van der Waals surface area contributed by atoms with Crippen molar-refractivity contribution in [3.8, 4) is 0 Å². The lowest BCUT2D eigenvalue weighted by Gasteiger charge is -2.22. The molecule has 1 aromatic rings. The third-order valence-corrected chi connectivity index (χ3v) is 3.17. The molecule has 2 atom stereocenters. The summed E-state index contributed by atoms with van der Waals surface area (Å²) < 4.78 is 5.83. The van der Waals surface area contributed by atoms with Crippen LogP contribution in [-0.4, -0.2) is 35.8 Å². The lowest BCUT2D eigenvalue weighted by molar-refractivity contribution is -0.0195. The average molecular weight is 256 g/mol. The minimum absolute atomic E-state index is 0.0667. The van der Waals surface area contributed by atoms with Crippen LogP contribution in [0.15, 0.2) is 24.3 Å². The number of rotatable bonds is 4. The molecule has 0 amide bonds. The Labute approximate surface area is 107 Å². The summed E-state index contributed by atoms with van der Waals surface area (Å²) in [7, 11) is 0. The van der Waals surface area contributed by atoms with Gasteiger partial charge in [0.15, 0.2) is 0 Å². The number of benzene rings is 1. The first kappa shape index (κ1) is 12.8. The Bertz CT molecular complexity index is 372. The SMILES string of the molecule is CCCN1CC(CO)OC1c1cccc(Cl)c1. The Morgan fingerprint density at radius 1 is 1.53 bits per heavy atom. The predicted octanol–water partition coefficient (Wildman–Crippen LogP) is 2.44. The quantitative estimate of drug-likeness (QED) is 0.897. The van der Waals surface area contributed by atoms with Gasteiger partial charge in [-0.15, -0.1) is 0 Å². The zero-order valence-corrected chi connectivity index (χ0v) is 10.7. The van der Waals surface area contributed by atoms with Gasteiger partial charge in [-0.3, -0.25) is 4.90 Å². The third kappa shape index (κ3) is 2.99. The topological polar surface area (TPSA) is 32.7 Å². The monoisotopic (exact) mass is 255 g/mol. The Hall–Kier alpha value is -0.610. The normalized spacial score (nSPS) is 25.4. The van der Waals surface area contributed by atoms with Crippen LogP contribution >= 0.6 is 11.6 Å². The van der Waals surface area contributed by atoms with Gasteiger partial charge in [0.25, 0.3) is 0 Å². The van der Waals surface area contributed by atoms with Crippen molar-refractivity contribution in [1.82, 2.24) is 4.90 Å². The molecule has 0 saturated carbocycles. The van der Waals surface area contributed by atoms with Gasteiger partial charge >= 0.3 is 0 Å². The molecule has 1 aromatic carbocycles. The van der Waals surface area contributed by atoms with Crippen LogP contribution < -0.4 is 0 Å². The van der Waals surface area contributed by atoms with Crippen LogP contribution in [0.25, 0.3) is 0 Å². The molecule has 2 unspecified atom stereocenters. The van der Waals surface area contributed by atoms with E-state index in [0.717, 1.165) is 30.1 Å². The first-order chi connectivity index (χ1) is 8.24. The molecule has 0 bridgehead atoms. The Morgan fingerprint density at radius 2 is 2.35 bits per heavy atom. The summed E-state index contributed by atoms with van der Waals surface area (Å²) in [5.41, 5.74) is 1.06. The van der Waals surface area contributed by atoms with E-state index in [1.165, 1.54) is 0 Å². The van der Waals surface area contributed by atoms with Gasteiger partial charge in [-0.05, 0) is 24.1 Å². The maximum atomic E-state index is 9.19. The summed E-state index contributed by atoms with van der Waals surface area (Å²) in [6, 6.07) is 7.72. The van der Waals surface area contributed by atoms with Crippen LogP contribution in [0.2, 0.25) is 5.02 Å². The van der Waals surface area contributed by atoms with E-state index in [9.17, 15) is 5.11 Å². The zero-order chi connectivity index (χ0) is 12.3. The second-order valence-corrected chi connectivity index (χ2v) is 4.78.